The number of ether oxygens (including phenoxy) is 1. The lowest BCUT2D eigenvalue weighted by atomic mass is 10.1. The number of halogens is 5. The molecule has 29 heavy (non-hydrogen) atoms. The maximum absolute atomic E-state index is 12.5. The topological polar surface area (TPSA) is 88.5 Å². The molecule has 0 aliphatic carbocycles. The number of alkyl halides is 5. The Kier molecular flexibility index (Phi) is 8.84. The van der Waals surface area contributed by atoms with Gasteiger partial charge in [0.05, 0.1) is 0 Å². The number of aliphatic carboxylic acids is 1. The Morgan fingerprint density at radius 3 is 2.34 bits per heavy atom. The molecule has 1 unspecified atom stereocenters. The van der Waals surface area contributed by atoms with E-state index in [2.05, 4.69) is 10.3 Å². The molecule has 0 aliphatic rings. The maximum Gasteiger partial charge on any atom is 0.490 e. The van der Waals surface area contributed by atoms with E-state index in [1.807, 2.05) is 32.0 Å². The fraction of sp³-hybridized carbons (Fsp3) is 0.278. The van der Waals surface area contributed by atoms with Crippen LogP contribution in [0.4, 0.5) is 17.6 Å². The standard InChI is InChI=1S/C16H16ClFN2O2.C2HF3O2/c1-10-3-4-11(2)13(7-10)22-14-6-5-12(8-19-14)9-20-16(21)15(17)18;3-2(4,5)1(6)7/h3-8,15H,9H2,1-2H3,(H,20,21);(H,6,7). The zero-order chi connectivity index (χ0) is 22.2. The lowest BCUT2D eigenvalue weighted by molar-refractivity contribution is -0.192. The van der Waals surface area contributed by atoms with Gasteiger partial charge in [0.25, 0.3) is 11.5 Å². The van der Waals surface area contributed by atoms with E-state index in [1.54, 1.807) is 18.3 Å². The van der Waals surface area contributed by atoms with Crippen LogP contribution >= 0.6 is 11.6 Å². The number of amides is 1. The first-order chi connectivity index (χ1) is 13.4. The Bertz CT molecular complexity index is 843. The van der Waals surface area contributed by atoms with Gasteiger partial charge in [-0.25, -0.2) is 14.2 Å². The summed E-state index contributed by atoms with van der Waals surface area (Å²) in [7, 11) is 0. The quantitative estimate of drug-likeness (QED) is 0.539. The van der Waals surface area contributed by atoms with Crippen LogP contribution in [0.2, 0.25) is 0 Å². The summed E-state index contributed by atoms with van der Waals surface area (Å²) in [5.41, 5.74) is 0.792. The van der Waals surface area contributed by atoms with Crippen molar-refractivity contribution in [3.8, 4) is 11.6 Å². The third-order valence-electron chi connectivity index (χ3n) is 3.26. The van der Waals surface area contributed by atoms with E-state index in [0.29, 0.717) is 5.88 Å². The van der Waals surface area contributed by atoms with Crippen molar-refractivity contribution in [2.24, 2.45) is 0 Å². The molecule has 6 nitrogen and oxygen atoms in total. The Balaban J connectivity index is 0.000000516. The van der Waals surface area contributed by atoms with Crippen LogP contribution in [0, 0.1) is 13.8 Å². The minimum Gasteiger partial charge on any atom is -0.475 e. The number of carboxylic acid groups (broad SMARTS) is 1. The number of pyridine rings is 1. The zero-order valence-corrected chi connectivity index (χ0v) is 16.0. The van der Waals surface area contributed by atoms with Gasteiger partial charge in [0.15, 0.2) is 0 Å². The highest BCUT2D eigenvalue weighted by Gasteiger charge is 2.38. The van der Waals surface area contributed by atoms with Gasteiger partial charge in [0.2, 0.25) is 5.88 Å². The number of nitrogens with one attached hydrogen (secondary N) is 1. The number of aryl methyl sites for hydroxylation is 2. The summed E-state index contributed by atoms with van der Waals surface area (Å²) in [4.78, 5) is 24.1. The Hall–Kier alpha value is -2.88. The first-order valence-corrected chi connectivity index (χ1v) is 8.39. The number of hydrogen-bond acceptors (Lipinski definition) is 4. The molecule has 1 aromatic carbocycles. The van der Waals surface area contributed by atoms with E-state index >= 15 is 0 Å². The lowest BCUT2D eigenvalue weighted by Crippen LogP contribution is -2.28. The number of rotatable bonds is 5. The van der Waals surface area contributed by atoms with Crippen molar-refractivity contribution in [3.05, 3.63) is 53.2 Å². The van der Waals surface area contributed by atoms with Crippen molar-refractivity contribution in [3.63, 3.8) is 0 Å². The van der Waals surface area contributed by atoms with Crippen LogP contribution in [0.3, 0.4) is 0 Å². The second-order valence-electron chi connectivity index (χ2n) is 5.70. The van der Waals surface area contributed by atoms with Gasteiger partial charge >= 0.3 is 12.1 Å². The first kappa shape index (κ1) is 24.2. The van der Waals surface area contributed by atoms with Crippen LogP contribution < -0.4 is 10.1 Å². The first-order valence-electron chi connectivity index (χ1n) is 7.96. The average Bonchev–Trinajstić information content (AvgIpc) is 2.63. The number of benzene rings is 1. The molecule has 158 valence electrons. The molecular formula is C18H17ClF4N2O4. The number of nitrogens with zero attached hydrogens (tertiary/aromatic N) is 1. The monoisotopic (exact) mass is 436 g/mol. The molecule has 2 N–H and O–H groups in total. The van der Waals surface area contributed by atoms with E-state index in [-0.39, 0.29) is 6.54 Å². The van der Waals surface area contributed by atoms with Gasteiger partial charge in [-0.2, -0.15) is 13.2 Å². The van der Waals surface area contributed by atoms with Crippen LogP contribution in [-0.4, -0.2) is 33.8 Å². The zero-order valence-electron chi connectivity index (χ0n) is 15.3. The van der Waals surface area contributed by atoms with Gasteiger partial charge in [-0.15, -0.1) is 0 Å². The van der Waals surface area contributed by atoms with Crippen LogP contribution in [0.25, 0.3) is 0 Å². The molecular weight excluding hydrogens is 420 g/mol. The molecule has 0 fully saturated rings. The smallest absolute Gasteiger partial charge is 0.475 e. The average molecular weight is 437 g/mol. The molecule has 0 spiro atoms. The number of carbonyl (C=O) groups is 2. The van der Waals surface area contributed by atoms with Crippen LogP contribution in [-0.2, 0) is 16.1 Å². The highest BCUT2D eigenvalue weighted by Crippen LogP contribution is 2.24. The molecule has 0 saturated heterocycles. The summed E-state index contributed by atoms with van der Waals surface area (Å²) >= 11 is 5.02. The van der Waals surface area contributed by atoms with Gasteiger partial charge in [0.1, 0.15) is 5.75 Å². The minimum atomic E-state index is -5.08. The largest absolute Gasteiger partial charge is 0.490 e. The highest BCUT2D eigenvalue weighted by molar-refractivity contribution is 6.29. The van der Waals surface area contributed by atoms with E-state index in [0.717, 1.165) is 22.4 Å². The molecule has 1 aromatic heterocycles. The number of carbonyl (C=O) groups excluding carboxylic acids is 1. The molecule has 0 radical (unpaired) electrons. The van der Waals surface area contributed by atoms with Crippen LogP contribution in [0.1, 0.15) is 16.7 Å². The molecule has 11 heteroatoms. The Morgan fingerprint density at radius 2 is 1.86 bits per heavy atom. The van der Waals surface area contributed by atoms with Crippen molar-refractivity contribution in [1.82, 2.24) is 10.3 Å². The molecule has 0 aliphatic heterocycles. The number of aromatic nitrogens is 1. The van der Waals surface area contributed by atoms with Gasteiger partial charge in [-0.1, -0.05) is 29.8 Å². The predicted octanol–water partition coefficient (Wildman–Crippen LogP) is 4.27. The van der Waals surface area contributed by atoms with Crippen molar-refractivity contribution in [2.75, 3.05) is 0 Å². The molecule has 0 saturated carbocycles. The van der Waals surface area contributed by atoms with Crippen molar-refractivity contribution < 1.29 is 37.0 Å². The summed E-state index contributed by atoms with van der Waals surface area (Å²) in [6.07, 6.45) is -3.53. The number of hydrogen-bond donors (Lipinski definition) is 2. The van der Waals surface area contributed by atoms with Crippen molar-refractivity contribution >= 4 is 23.5 Å². The van der Waals surface area contributed by atoms with Gasteiger partial charge in [0, 0.05) is 18.8 Å². The second-order valence-corrected chi connectivity index (χ2v) is 6.08. The Morgan fingerprint density at radius 1 is 1.24 bits per heavy atom. The maximum atomic E-state index is 12.5. The third kappa shape index (κ3) is 8.77. The summed E-state index contributed by atoms with van der Waals surface area (Å²) in [5, 5.41) is 9.48. The van der Waals surface area contributed by atoms with Gasteiger partial charge in [-0.05, 0) is 36.6 Å². The SMILES string of the molecule is Cc1ccc(C)c(Oc2ccc(CNC(=O)C(F)Cl)cn2)c1.O=C(O)C(F)(F)F. The van der Waals surface area contributed by atoms with E-state index < -0.39 is 23.7 Å². The van der Waals surface area contributed by atoms with Crippen molar-refractivity contribution in [2.45, 2.75) is 32.2 Å². The third-order valence-corrected chi connectivity index (χ3v) is 3.46. The molecule has 2 rings (SSSR count). The molecule has 0 bridgehead atoms. The van der Waals surface area contributed by atoms with E-state index in [4.69, 9.17) is 26.2 Å². The molecule has 2 aromatic rings. The number of carboxylic acids is 1. The van der Waals surface area contributed by atoms with Gasteiger partial charge < -0.3 is 15.2 Å². The summed E-state index contributed by atoms with van der Waals surface area (Å²) in [5.74, 6) is -2.43. The van der Waals surface area contributed by atoms with Crippen LogP contribution in [0.15, 0.2) is 36.5 Å². The molecule has 1 amide bonds. The normalized spacial score (nSPS) is 11.7. The molecule has 1 heterocycles. The second kappa shape index (κ2) is 10.6. The van der Waals surface area contributed by atoms with E-state index in [9.17, 15) is 22.4 Å². The summed E-state index contributed by atoms with van der Waals surface area (Å²) < 4.78 is 50.0. The lowest BCUT2D eigenvalue weighted by Gasteiger charge is -2.09. The Labute approximate surface area is 168 Å². The summed E-state index contributed by atoms with van der Waals surface area (Å²) in [6.45, 7) is 4.10. The van der Waals surface area contributed by atoms with Crippen LogP contribution in [0.5, 0.6) is 11.6 Å². The predicted molar refractivity (Wildman–Crippen MR) is 96.5 cm³/mol. The highest BCUT2D eigenvalue weighted by atomic mass is 35.5. The minimum absolute atomic E-state index is 0.155. The molecule has 1 atom stereocenters. The fourth-order valence-corrected chi connectivity index (χ4v) is 1.85. The van der Waals surface area contributed by atoms with Gasteiger partial charge in [-0.3, -0.25) is 4.79 Å². The summed E-state index contributed by atoms with van der Waals surface area (Å²) in [6, 6.07) is 9.36. The van der Waals surface area contributed by atoms with E-state index in [1.165, 1.54) is 0 Å². The van der Waals surface area contributed by atoms with Crippen molar-refractivity contribution in [1.29, 1.82) is 0 Å². The fourth-order valence-electron chi connectivity index (χ4n) is 1.77.